The Morgan fingerprint density at radius 3 is 2.77 bits per heavy atom. The summed E-state index contributed by atoms with van der Waals surface area (Å²) in [6, 6.07) is 9.80. The summed E-state index contributed by atoms with van der Waals surface area (Å²) < 4.78 is 5.24. The monoisotopic (exact) mass is 358 g/mol. The Labute approximate surface area is 131 Å². The van der Waals surface area contributed by atoms with Gasteiger partial charge in [0.15, 0.2) is 0 Å². The molecule has 0 radical (unpaired) electrons. The Balaban J connectivity index is 1.77. The summed E-state index contributed by atoms with van der Waals surface area (Å²) in [5, 5.41) is 12.0. The van der Waals surface area contributed by atoms with Gasteiger partial charge in [-0.05, 0) is 0 Å². The van der Waals surface area contributed by atoms with Crippen LogP contribution in [-0.4, -0.2) is 54.7 Å². The van der Waals surface area contributed by atoms with Gasteiger partial charge in [0.25, 0.3) is 0 Å². The van der Waals surface area contributed by atoms with Crippen molar-refractivity contribution in [2.45, 2.75) is 0 Å². The average molecular weight is 357 g/mol. The van der Waals surface area contributed by atoms with E-state index in [0.717, 1.165) is 26.2 Å². The average Bonchev–Trinajstić information content (AvgIpc) is 3.16. The second-order valence-electron chi connectivity index (χ2n) is 4.52. The molecule has 0 atom stereocenters. The summed E-state index contributed by atoms with van der Waals surface area (Å²) in [7, 11) is 1.91. The third kappa shape index (κ3) is 2.16. The van der Waals surface area contributed by atoms with E-state index < -0.39 is 0 Å². The first-order valence-electron chi connectivity index (χ1n) is 6.46. The van der Waals surface area contributed by atoms with E-state index >= 15 is 0 Å². The van der Waals surface area contributed by atoms with E-state index in [1.807, 2.05) is 41.9 Å². The molecule has 1 aromatic carbocycles. The number of benzene rings is 1. The van der Waals surface area contributed by atoms with E-state index in [4.69, 9.17) is 0 Å². The van der Waals surface area contributed by atoms with E-state index in [0.29, 0.717) is 0 Å². The number of imidazole rings is 1. The number of fused-ring (bicyclic) bond motifs is 1. The first kappa shape index (κ1) is 13.1. The fourth-order valence-electron chi connectivity index (χ4n) is 2.06. The zero-order chi connectivity index (χ0) is 14.9. The molecule has 0 saturated carbocycles. The normalized spacial score (nSPS) is 11.1. The molecule has 4 aromatic rings. The third-order valence-corrected chi connectivity index (χ3v) is 5.04. The molecule has 0 bridgehead atoms. The van der Waals surface area contributed by atoms with Crippen molar-refractivity contribution in [3.8, 4) is 5.69 Å². The van der Waals surface area contributed by atoms with Gasteiger partial charge in [0.05, 0.1) is 0 Å². The third-order valence-electron chi connectivity index (χ3n) is 3.09. The van der Waals surface area contributed by atoms with E-state index in [-0.39, 0.29) is 15.0 Å². The SMILES string of the molecule is Cn1cnc2c([Se]c3nnnn3-c3ccccc3)ncnc21. The van der Waals surface area contributed by atoms with Crippen LogP contribution in [-0.2, 0) is 7.05 Å². The fraction of sp³-hybridized carbons (Fsp3) is 0.0769. The maximum absolute atomic E-state index is 4.38. The molecule has 4 rings (SSSR count). The number of hydrogen-bond acceptors (Lipinski definition) is 6. The number of rotatable bonds is 3. The summed E-state index contributed by atoms with van der Waals surface area (Å²) in [5.41, 5.74) is 2.54. The molecule has 0 unspecified atom stereocenters. The minimum absolute atomic E-state index is 0.172. The standard InChI is InChI=1S/C13H10N8Se/c1-20-8-16-10-11(20)14-7-15-12(10)22-13-17-18-19-21(13)9-5-3-2-4-6-9/h2-8H,1H3. The van der Waals surface area contributed by atoms with Crippen LogP contribution in [0.25, 0.3) is 16.9 Å². The summed E-state index contributed by atoms with van der Waals surface area (Å²) in [4.78, 5) is 13.0. The second-order valence-corrected chi connectivity index (χ2v) is 6.52. The number of para-hydroxylation sites is 1. The van der Waals surface area contributed by atoms with Crippen LogP contribution >= 0.6 is 0 Å². The van der Waals surface area contributed by atoms with Crippen LogP contribution in [0.3, 0.4) is 0 Å². The van der Waals surface area contributed by atoms with Gasteiger partial charge in [-0.2, -0.15) is 0 Å². The molecule has 22 heavy (non-hydrogen) atoms. The van der Waals surface area contributed by atoms with E-state index in [9.17, 15) is 0 Å². The molecule has 0 fully saturated rings. The van der Waals surface area contributed by atoms with Gasteiger partial charge in [0, 0.05) is 0 Å². The minimum atomic E-state index is -0.172. The first-order chi connectivity index (χ1) is 10.8. The molecule has 0 N–H and O–H groups in total. The van der Waals surface area contributed by atoms with Gasteiger partial charge in [-0.25, -0.2) is 0 Å². The number of hydrogen-bond donors (Lipinski definition) is 0. The van der Waals surface area contributed by atoms with Gasteiger partial charge >= 0.3 is 131 Å². The molecule has 0 aliphatic carbocycles. The molecule has 9 heteroatoms. The van der Waals surface area contributed by atoms with Gasteiger partial charge in [0.1, 0.15) is 0 Å². The molecule has 0 aliphatic rings. The Hall–Kier alpha value is -2.64. The van der Waals surface area contributed by atoms with Crippen molar-refractivity contribution in [3.63, 3.8) is 0 Å². The predicted molar refractivity (Wildman–Crippen MR) is 80.5 cm³/mol. The molecule has 0 saturated heterocycles. The molecule has 0 spiro atoms. The zero-order valence-electron chi connectivity index (χ0n) is 11.5. The summed E-state index contributed by atoms with van der Waals surface area (Å²) in [5.74, 6) is 0. The van der Waals surface area contributed by atoms with Crippen molar-refractivity contribution < 1.29 is 0 Å². The fourth-order valence-corrected chi connectivity index (χ4v) is 3.78. The Morgan fingerprint density at radius 1 is 1.05 bits per heavy atom. The molecule has 3 heterocycles. The van der Waals surface area contributed by atoms with Gasteiger partial charge in [-0.1, -0.05) is 0 Å². The van der Waals surface area contributed by atoms with Crippen LogP contribution in [0.1, 0.15) is 0 Å². The number of aromatic nitrogens is 8. The summed E-state index contributed by atoms with van der Waals surface area (Å²) in [6.45, 7) is 0. The van der Waals surface area contributed by atoms with Crippen molar-refractivity contribution in [2.24, 2.45) is 7.05 Å². The molecule has 8 nitrogen and oxygen atoms in total. The van der Waals surface area contributed by atoms with Crippen LogP contribution in [0.15, 0.2) is 43.0 Å². The molecule has 108 valence electrons. The summed E-state index contributed by atoms with van der Waals surface area (Å²) >= 11 is -0.172. The van der Waals surface area contributed by atoms with Crippen molar-refractivity contribution in [3.05, 3.63) is 43.0 Å². The maximum atomic E-state index is 4.38. The van der Waals surface area contributed by atoms with Crippen molar-refractivity contribution in [1.82, 2.24) is 39.7 Å². The Bertz CT molecular complexity index is 930. The van der Waals surface area contributed by atoms with E-state index in [2.05, 4.69) is 30.5 Å². The Morgan fingerprint density at radius 2 is 1.91 bits per heavy atom. The van der Waals surface area contributed by atoms with Crippen molar-refractivity contribution in [1.29, 1.82) is 0 Å². The van der Waals surface area contributed by atoms with Gasteiger partial charge in [-0.15, -0.1) is 0 Å². The van der Waals surface area contributed by atoms with Crippen LogP contribution in [0.2, 0.25) is 0 Å². The second kappa shape index (κ2) is 5.28. The van der Waals surface area contributed by atoms with Crippen molar-refractivity contribution in [2.75, 3.05) is 0 Å². The topological polar surface area (TPSA) is 87.2 Å². The molecular weight excluding hydrogens is 347 g/mol. The first-order valence-corrected chi connectivity index (χ1v) is 8.18. The van der Waals surface area contributed by atoms with Crippen LogP contribution in [0.4, 0.5) is 0 Å². The van der Waals surface area contributed by atoms with Crippen LogP contribution < -0.4 is 9.32 Å². The number of aryl methyl sites for hydroxylation is 1. The van der Waals surface area contributed by atoms with E-state index in [1.54, 1.807) is 17.3 Å². The molecule has 3 aromatic heterocycles. The summed E-state index contributed by atoms with van der Waals surface area (Å²) in [6.07, 6.45) is 3.29. The molecular formula is C13H10N8Se. The zero-order valence-corrected chi connectivity index (χ0v) is 13.2. The number of nitrogens with zero attached hydrogens (tertiary/aromatic N) is 8. The predicted octanol–water partition coefficient (Wildman–Crippen LogP) is -1.01. The Kier molecular flexibility index (Phi) is 3.13. The van der Waals surface area contributed by atoms with Crippen molar-refractivity contribution >= 4 is 35.4 Å². The van der Waals surface area contributed by atoms with Gasteiger partial charge in [0.2, 0.25) is 0 Å². The quantitative estimate of drug-likeness (QED) is 0.437. The van der Waals surface area contributed by atoms with Crippen LogP contribution in [0, 0.1) is 0 Å². The van der Waals surface area contributed by atoms with Gasteiger partial charge in [-0.3, -0.25) is 0 Å². The molecule has 0 amide bonds. The van der Waals surface area contributed by atoms with E-state index in [1.165, 1.54) is 0 Å². The van der Waals surface area contributed by atoms with Gasteiger partial charge < -0.3 is 0 Å². The number of tetrazole rings is 1. The molecule has 0 aliphatic heterocycles. The van der Waals surface area contributed by atoms with Crippen LogP contribution in [0.5, 0.6) is 0 Å².